The summed E-state index contributed by atoms with van der Waals surface area (Å²) >= 11 is 17.5. The summed E-state index contributed by atoms with van der Waals surface area (Å²) in [6.45, 7) is 6.22. The first-order valence-electron chi connectivity index (χ1n) is 10.9. The molecule has 0 saturated carbocycles. The summed E-state index contributed by atoms with van der Waals surface area (Å²) in [6, 6.07) is 4.39. The van der Waals surface area contributed by atoms with Gasteiger partial charge in [-0.3, -0.25) is 9.59 Å². The highest BCUT2D eigenvalue weighted by atomic mass is 35.5. The van der Waals surface area contributed by atoms with E-state index < -0.39 is 52.8 Å². The Morgan fingerprint density at radius 2 is 1.45 bits per heavy atom. The lowest BCUT2D eigenvalue weighted by molar-refractivity contribution is -0.139. The van der Waals surface area contributed by atoms with Gasteiger partial charge in [-0.05, 0) is 42.3 Å². The topological polar surface area (TPSA) is 58.2 Å². The Bertz CT molecular complexity index is 1210. The van der Waals surface area contributed by atoms with Crippen molar-refractivity contribution in [2.24, 2.45) is 5.41 Å². The molecule has 0 aliphatic rings. The zero-order valence-corrected chi connectivity index (χ0v) is 22.7. The van der Waals surface area contributed by atoms with Crippen molar-refractivity contribution < 1.29 is 35.9 Å². The smallest absolute Gasteiger partial charge is 0.336 e. The number of carbonyl (C=O) groups is 2. The number of carbonyl (C=O) groups excluding carboxylic acids is 2. The zero-order valence-electron chi connectivity index (χ0n) is 20.4. The first kappa shape index (κ1) is 31.8. The zero-order chi connectivity index (χ0) is 29.2. The van der Waals surface area contributed by atoms with Gasteiger partial charge in [-0.15, -0.1) is 0 Å². The highest BCUT2D eigenvalue weighted by Gasteiger charge is 2.40. The second-order valence-corrected chi connectivity index (χ2v) is 10.6. The maximum Gasteiger partial charge on any atom is 0.417 e. The van der Waals surface area contributed by atoms with Crippen LogP contribution in [0.4, 0.5) is 26.3 Å². The number of alkyl halides is 6. The summed E-state index contributed by atoms with van der Waals surface area (Å²) in [5.41, 5.74) is -3.56. The largest absolute Gasteiger partial charge is 0.417 e. The van der Waals surface area contributed by atoms with Crippen LogP contribution in [0.15, 0.2) is 36.4 Å². The molecule has 208 valence electrons. The minimum Gasteiger partial charge on any atom is -0.336 e. The summed E-state index contributed by atoms with van der Waals surface area (Å²) in [6.07, 6.45) is -9.35. The molecule has 2 rings (SSSR count). The minimum absolute atomic E-state index is 0.141. The van der Waals surface area contributed by atoms with Gasteiger partial charge in [0.25, 0.3) is 5.91 Å². The van der Waals surface area contributed by atoms with Gasteiger partial charge in [0.15, 0.2) is 0 Å². The molecule has 0 bridgehead atoms. The van der Waals surface area contributed by atoms with Gasteiger partial charge >= 0.3 is 12.4 Å². The third-order valence-electron chi connectivity index (χ3n) is 5.17. The summed E-state index contributed by atoms with van der Waals surface area (Å²) in [7, 11) is 0. The Morgan fingerprint density at radius 3 is 1.92 bits per heavy atom. The van der Waals surface area contributed by atoms with Crippen molar-refractivity contribution in [1.82, 2.24) is 10.6 Å². The Morgan fingerprint density at radius 1 is 0.895 bits per heavy atom. The Balaban J connectivity index is 2.40. The first-order valence-corrected chi connectivity index (χ1v) is 12.1. The average Bonchev–Trinajstić information content (AvgIpc) is 2.75. The van der Waals surface area contributed by atoms with Gasteiger partial charge in [-0.2, -0.15) is 26.3 Å². The summed E-state index contributed by atoms with van der Waals surface area (Å²) < 4.78 is 82.6. The van der Waals surface area contributed by atoms with Crippen LogP contribution in [-0.2, 0) is 11.0 Å². The molecule has 2 atom stereocenters. The Hall–Kier alpha value is -2.43. The Kier molecular flexibility index (Phi) is 9.83. The molecule has 38 heavy (non-hydrogen) atoms. The van der Waals surface area contributed by atoms with Crippen molar-refractivity contribution in [2.45, 2.75) is 52.1 Å². The predicted molar refractivity (Wildman–Crippen MR) is 135 cm³/mol. The number of hydrogen-bond donors (Lipinski definition) is 2. The number of amides is 2. The second kappa shape index (κ2) is 11.8. The van der Waals surface area contributed by atoms with E-state index in [0.717, 1.165) is 30.3 Å². The highest BCUT2D eigenvalue weighted by molar-refractivity contribution is 6.48. The number of rotatable bonds is 6. The summed E-state index contributed by atoms with van der Waals surface area (Å²) in [5, 5.41) is 4.15. The number of allylic oxidation sites excluding steroid dienone is 1. The number of benzene rings is 2. The van der Waals surface area contributed by atoms with Gasteiger partial charge < -0.3 is 10.6 Å². The lowest BCUT2D eigenvalue weighted by Crippen LogP contribution is -2.49. The van der Waals surface area contributed by atoms with Crippen molar-refractivity contribution >= 4 is 52.7 Å². The third kappa shape index (κ3) is 8.28. The van der Waals surface area contributed by atoms with Crippen LogP contribution in [0.1, 0.15) is 60.7 Å². The molecule has 0 aliphatic heterocycles. The van der Waals surface area contributed by atoms with E-state index in [-0.39, 0.29) is 26.2 Å². The monoisotopic (exact) mass is 602 g/mol. The molecule has 0 aromatic heterocycles. The van der Waals surface area contributed by atoms with Crippen LogP contribution in [0.2, 0.25) is 15.1 Å². The molecule has 2 aromatic rings. The molecule has 0 saturated heterocycles. The fourth-order valence-corrected chi connectivity index (χ4v) is 3.81. The molecule has 4 nitrogen and oxygen atoms in total. The average molecular weight is 604 g/mol. The van der Waals surface area contributed by atoms with E-state index in [4.69, 9.17) is 34.8 Å². The molecule has 0 fully saturated rings. The molecule has 0 heterocycles. The van der Waals surface area contributed by atoms with Crippen LogP contribution < -0.4 is 10.6 Å². The van der Waals surface area contributed by atoms with Gasteiger partial charge in [0.2, 0.25) is 5.91 Å². The molecule has 0 radical (unpaired) electrons. The highest BCUT2D eigenvalue weighted by Crippen LogP contribution is 2.41. The van der Waals surface area contributed by atoms with Gasteiger partial charge in [-0.25, -0.2) is 0 Å². The molecule has 0 aliphatic carbocycles. The van der Waals surface area contributed by atoms with E-state index in [1.54, 1.807) is 20.8 Å². The maximum absolute atomic E-state index is 13.8. The molecular formula is C25H23Cl3F6N2O2. The van der Waals surface area contributed by atoms with Crippen LogP contribution in [-0.4, -0.2) is 24.2 Å². The quantitative estimate of drug-likeness (QED) is 0.198. The van der Waals surface area contributed by atoms with E-state index in [1.165, 1.54) is 6.92 Å². The molecular weight excluding hydrogens is 581 g/mol. The van der Waals surface area contributed by atoms with E-state index in [9.17, 15) is 35.9 Å². The van der Waals surface area contributed by atoms with Gasteiger partial charge in [0.1, 0.15) is 0 Å². The van der Waals surface area contributed by atoms with E-state index in [1.807, 2.05) is 0 Å². The molecule has 1 unspecified atom stereocenters. The predicted octanol–water partition coefficient (Wildman–Crippen LogP) is 8.26. The number of halogens is 9. The molecule has 0 spiro atoms. The minimum atomic E-state index is -5.00. The van der Waals surface area contributed by atoms with Crippen molar-refractivity contribution in [3.05, 3.63) is 73.7 Å². The van der Waals surface area contributed by atoms with Crippen molar-refractivity contribution in [3.8, 4) is 0 Å². The molecule has 2 aromatic carbocycles. The molecule has 13 heteroatoms. The normalized spacial score (nSPS) is 14.3. The second-order valence-electron chi connectivity index (χ2n) is 9.40. The molecule has 2 N–H and O–H groups in total. The van der Waals surface area contributed by atoms with E-state index >= 15 is 0 Å². The van der Waals surface area contributed by atoms with Crippen molar-refractivity contribution in [1.29, 1.82) is 0 Å². The van der Waals surface area contributed by atoms with E-state index in [0.29, 0.717) is 12.1 Å². The number of nitrogens with one attached hydrogen (secondary N) is 2. The van der Waals surface area contributed by atoms with Crippen LogP contribution in [0.3, 0.4) is 0 Å². The summed E-state index contributed by atoms with van der Waals surface area (Å²) in [4.78, 5) is 24.6. The lowest BCUT2D eigenvalue weighted by atomic mass is 9.95. The Labute approximate surface area is 230 Å². The van der Waals surface area contributed by atoms with Gasteiger partial charge in [0, 0.05) is 5.41 Å². The third-order valence-corrected chi connectivity index (χ3v) is 6.37. The SMILES string of the molecule is C[C@@H](NC(=O)c1ccc(/C=C/C(c2cc(Cl)c(Cl)c(Cl)c2)C(F)(F)F)cc1C(F)(F)F)NC(=O)C(C)(C)C. The van der Waals surface area contributed by atoms with Crippen LogP contribution >= 0.6 is 34.8 Å². The standard InChI is InChI=1S/C25H23Cl3F6N2O2/c1-12(36-22(38)23(2,3)4)35-21(37)15-7-5-13(9-17(15)25(32,33)34)6-8-16(24(29,30)31)14-10-18(26)20(28)19(27)11-14/h5-12,16H,1-4H3,(H,35,37)(H,36,38)/b8-6+/t12-,16?/m0/s1. The van der Waals surface area contributed by atoms with Crippen LogP contribution in [0.25, 0.3) is 6.08 Å². The fraction of sp³-hybridized carbons (Fsp3) is 0.360. The lowest BCUT2D eigenvalue weighted by Gasteiger charge is -2.23. The first-order chi connectivity index (χ1) is 17.2. The van der Waals surface area contributed by atoms with Crippen LogP contribution in [0, 0.1) is 5.41 Å². The van der Waals surface area contributed by atoms with Crippen molar-refractivity contribution in [3.63, 3.8) is 0 Å². The number of hydrogen-bond acceptors (Lipinski definition) is 2. The van der Waals surface area contributed by atoms with Gasteiger partial charge in [-0.1, -0.05) is 73.8 Å². The van der Waals surface area contributed by atoms with E-state index in [2.05, 4.69) is 10.6 Å². The van der Waals surface area contributed by atoms with Gasteiger partial charge in [0.05, 0.1) is 38.3 Å². The van der Waals surface area contributed by atoms with Crippen molar-refractivity contribution in [2.75, 3.05) is 0 Å². The fourth-order valence-electron chi connectivity index (χ4n) is 3.19. The summed E-state index contributed by atoms with van der Waals surface area (Å²) in [5.74, 6) is -3.84. The molecule has 2 amide bonds. The maximum atomic E-state index is 13.8. The van der Waals surface area contributed by atoms with Crippen LogP contribution in [0.5, 0.6) is 0 Å².